The molecule has 0 aromatic heterocycles. The summed E-state index contributed by atoms with van der Waals surface area (Å²) in [5.74, 6) is 2.63. The topological polar surface area (TPSA) is 79.0 Å². The van der Waals surface area contributed by atoms with Crippen LogP contribution >= 0.6 is 0 Å². The van der Waals surface area contributed by atoms with Crippen LogP contribution in [0.3, 0.4) is 0 Å². The van der Waals surface area contributed by atoms with E-state index in [1.54, 1.807) is 9.80 Å². The van der Waals surface area contributed by atoms with Gasteiger partial charge in [0, 0.05) is 42.9 Å². The zero-order valence-electron chi connectivity index (χ0n) is 23.7. The summed E-state index contributed by atoms with van der Waals surface area (Å²) >= 11 is 0. The van der Waals surface area contributed by atoms with Gasteiger partial charge in [-0.05, 0) is 113 Å². The molecule has 4 aliphatic carbocycles. The highest BCUT2D eigenvalue weighted by atomic mass is 16.6. The molecule has 39 heavy (non-hydrogen) atoms. The molecule has 1 aromatic carbocycles. The van der Waals surface area contributed by atoms with Gasteiger partial charge in [0.1, 0.15) is 5.60 Å². The van der Waals surface area contributed by atoms with E-state index < -0.39 is 5.60 Å². The lowest BCUT2D eigenvalue weighted by atomic mass is 9.49. The molecule has 210 valence electrons. The Hall–Kier alpha value is -2.83. The van der Waals surface area contributed by atoms with E-state index in [1.807, 2.05) is 51.2 Å². The SMILES string of the molecule is CC(C)(C)OC(=O)N1CCC(C(=O)N2C=Cc3c(cccc3NC(=O)CC34CC5CC(CC(C5)C3)C4)C2)CC1. The lowest BCUT2D eigenvalue weighted by molar-refractivity contribution is -0.135. The number of nitrogens with one attached hydrogen (secondary N) is 1. The normalized spacial score (nSPS) is 29.8. The molecule has 2 heterocycles. The number of carbonyl (C=O) groups excluding carboxylic acids is 3. The molecule has 0 atom stereocenters. The Morgan fingerprint density at radius 1 is 1.00 bits per heavy atom. The van der Waals surface area contributed by atoms with Crippen LogP contribution in [0.2, 0.25) is 0 Å². The first-order chi connectivity index (χ1) is 18.6. The van der Waals surface area contributed by atoms with E-state index in [0.29, 0.717) is 38.9 Å². The summed E-state index contributed by atoms with van der Waals surface area (Å²) in [7, 11) is 0. The molecule has 4 saturated carbocycles. The zero-order valence-corrected chi connectivity index (χ0v) is 23.7. The van der Waals surface area contributed by atoms with E-state index in [-0.39, 0.29) is 29.2 Å². The standard InChI is InChI=1S/C32H43N3O4/c1-31(2,3)39-30(38)34-10-7-24(8-11-34)29(37)35-12-9-26-25(20-35)5-4-6-27(26)33-28(36)19-32-16-21-13-22(17-32)15-23(14-21)18-32/h4-6,9,12,21-24H,7-8,10-11,13-20H2,1-3H3,(H,33,36). The van der Waals surface area contributed by atoms with Crippen LogP contribution < -0.4 is 5.32 Å². The van der Waals surface area contributed by atoms with Gasteiger partial charge >= 0.3 is 6.09 Å². The quantitative estimate of drug-likeness (QED) is 0.500. The molecule has 7 rings (SSSR count). The molecule has 0 unspecified atom stereocenters. The van der Waals surface area contributed by atoms with Crippen LogP contribution in [0.5, 0.6) is 0 Å². The van der Waals surface area contributed by atoms with Gasteiger partial charge in [-0.3, -0.25) is 9.59 Å². The van der Waals surface area contributed by atoms with Crippen molar-refractivity contribution in [1.29, 1.82) is 0 Å². The van der Waals surface area contributed by atoms with E-state index in [4.69, 9.17) is 4.74 Å². The fourth-order valence-electron chi connectivity index (χ4n) is 8.52. The van der Waals surface area contributed by atoms with E-state index in [1.165, 1.54) is 38.5 Å². The van der Waals surface area contributed by atoms with Gasteiger partial charge in [-0.1, -0.05) is 12.1 Å². The number of fused-ring (bicyclic) bond motifs is 1. The second-order valence-corrected chi connectivity index (χ2v) is 14.0. The van der Waals surface area contributed by atoms with Gasteiger partial charge < -0.3 is 19.9 Å². The molecule has 1 saturated heterocycles. The third-order valence-electron chi connectivity index (χ3n) is 9.71. The molecule has 1 N–H and O–H groups in total. The maximum absolute atomic E-state index is 13.4. The summed E-state index contributed by atoms with van der Waals surface area (Å²) in [6.45, 7) is 7.14. The van der Waals surface area contributed by atoms with Crippen LogP contribution in [-0.2, 0) is 20.9 Å². The number of benzene rings is 1. The predicted octanol–water partition coefficient (Wildman–Crippen LogP) is 6.19. The van der Waals surface area contributed by atoms with Gasteiger partial charge in [0.2, 0.25) is 11.8 Å². The predicted molar refractivity (Wildman–Crippen MR) is 150 cm³/mol. The van der Waals surface area contributed by atoms with E-state index in [9.17, 15) is 14.4 Å². The van der Waals surface area contributed by atoms with Crippen molar-refractivity contribution in [3.05, 3.63) is 35.5 Å². The Balaban J connectivity index is 1.05. The van der Waals surface area contributed by atoms with Gasteiger partial charge in [-0.2, -0.15) is 0 Å². The van der Waals surface area contributed by atoms with E-state index in [2.05, 4.69) is 5.32 Å². The van der Waals surface area contributed by atoms with Gasteiger partial charge in [0.05, 0.1) is 6.54 Å². The smallest absolute Gasteiger partial charge is 0.410 e. The van der Waals surface area contributed by atoms with Crippen LogP contribution in [0.15, 0.2) is 24.4 Å². The molecule has 5 fully saturated rings. The van der Waals surface area contributed by atoms with Crippen LogP contribution in [0, 0.1) is 29.1 Å². The zero-order chi connectivity index (χ0) is 27.4. The molecule has 3 amide bonds. The fourth-order valence-corrected chi connectivity index (χ4v) is 8.52. The highest BCUT2D eigenvalue weighted by molar-refractivity contribution is 5.94. The molecule has 0 spiro atoms. The van der Waals surface area contributed by atoms with Crippen molar-refractivity contribution in [2.45, 2.75) is 90.7 Å². The second-order valence-electron chi connectivity index (χ2n) is 14.0. The minimum absolute atomic E-state index is 0.0944. The largest absolute Gasteiger partial charge is 0.444 e. The first kappa shape index (κ1) is 26.4. The van der Waals surface area contributed by atoms with Crippen molar-refractivity contribution in [3.63, 3.8) is 0 Å². The van der Waals surface area contributed by atoms with Gasteiger partial charge in [0.15, 0.2) is 0 Å². The van der Waals surface area contributed by atoms with Gasteiger partial charge in [0.25, 0.3) is 0 Å². The number of ether oxygens (including phenoxy) is 1. The number of carbonyl (C=O) groups is 3. The van der Waals surface area contributed by atoms with Gasteiger partial charge in [-0.25, -0.2) is 4.79 Å². The Morgan fingerprint density at radius 3 is 2.26 bits per heavy atom. The highest BCUT2D eigenvalue weighted by Crippen LogP contribution is 2.61. The molecule has 1 aromatic rings. The fraction of sp³-hybridized carbons (Fsp3) is 0.656. The van der Waals surface area contributed by atoms with E-state index in [0.717, 1.165) is 34.6 Å². The van der Waals surface area contributed by atoms with Crippen molar-refractivity contribution in [2.75, 3.05) is 18.4 Å². The van der Waals surface area contributed by atoms with E-state index >= 15 is 0 Å². The Morgan fingerprint density at radius 2 is 1.64 bits per heavy atom. The third-order valence-corrected chi connectivity index (χ3v) is 9.71. The summed E-state index contributed by atoms with van der Waals surface area (Å²) in [6.07, 6.45) is 13.3. The molecule has 2 aliphatic heterocycles. The minimum atomic E-state index is -0.525. The summed E-state index contributed by atoms with van der Waals surface area (Å²) in [5, 5.41) is 3.24. The average molecular weight is 534 g/mol. The average Bonchev–Trinajstić information content (AvgIpc) is 2.86. The first-order valence-corrected chi connectivity index (χ1v) is 14.9. The molecule has 4 bridgehead atoms. The first-order valence-electron chi connectivity index (χ1n) is 14.9. The number of hydrogen-bond acceptors (Lipinski definition) is 4. The number of nitrogens with zero attached hydrogens (tertiary/aromatic N) is 2. The summed E-state index contributed by atoms with van der Waals surface area (Å²) < 4.78 is 5.49. The summed E-state index contributed by atoms with van der Waals surface area (Å²) in [5.41, 5.74) is 2.58. The molecule has 0 radical (unpaired) electrons. The van der Waals surface area contributed by atoms with Crippen molar-refractivity contribution >= 4 is 29.7 Å². The molecule has 7 heteroatoms. The summed E-state index contributed by atoms with van der Waals surface area (Å²) in [4.78, 5) is 42.5. The molecule has 6 aliphatic rings. The molecular weight excluding hydrogens is 490 g/mol. The number of likely N-dealkylation sites (tertiary alicyclic amines) is 1. The Bertz CT molecular complexity index is 1140. The minimum Gasteiger partial charge on any atom is -0.444 e. The molecular formula is C32H43N3O4. The van der Waals surface area contributed by atoms with Crippen molar-refractivity contribution in [2.24, 2.45) is 29.1 Å². The van der Waals surface area contributed by atoms with Gasteiger partial charge in [-0.15, -0.1) is 0 Å². The maximum atomic E-state index is 13.4. The van der Waals surface area contributed by atoms with Crippen molar-refractivity contribution in [3.8, 4) is 0 Å². The van der Waals surface area contributed by atoms with Crippen molar-refractivity contribution in [1.82, 2.24) is 9.80 Å². The lowest BCUT2D eigenvalue weighted by Gasteiger charge is -2.56. The summed E-state index contributed by atoms with van der Waals surface area (Å²) in [6, 6.07) is 5.99. The molecule has 7 nitrogen and oxygen atoms in total. The highest BCUT2D eigenvalue weighted by Gasteiger charge is 2.51. The number of amides is 3. The van der Waals surface area contributed by atoms with Crippen LogP contribution in [0.25, 0.3) is 6.08 Å². The Labute approximate surface area is 232 Å². The Kier molecular flexibility index (Phi) is 6.75. The van der Waals surface area contributed by atoms with Crippen LogP contribution in [-0.4, -0.2) is 46.4 Å². The number of hydrogen-bond donors (Lipinski definition) is 1. The number of rotatable bonds is 4. The number of piperidine rings is 1. The monoisotopic (exact) mass is 533 g/mol. The maximum Gasteiger partial charge on any atom is 0.410 e. The lowest BCUT2D eigenvalue weighted by Crippen LogP contribution is -2.47. The van der Waals surface area contributed by atoms with Crippen molar-refractivity contribution < 1.29 is 19.1 Å². The van der Waals surface area contributed by atoms with Crippen LogP contribution in [0.4, 0.5) is 10.5 Å². The third kappa shape index (κ3) is 5.59. The van der Waals surface area contributed by atoms with Crippen LogP contribution in [0.1, 0.15) is 89.7 Å². The second kappa shape index (κ2) is 9.97. The number of anilines is 1.